The van der Waals surface area contributed by atoms with E-state index < -0.39 is 17.7 Å². The van der Waals surface area contributed by atoms with Gasteiger partial charge >= 0.3 is 12.1 Å². The number of carbonyl (C=O) groups excluding carboxylic acids is 1. The molecule has 0 unspecified atom stereocenters. The highest BCUT2D eigenvalue weighted by Crippen LogP contribution is 2.44. The zero-order chi connectivity index (χ0) is 21.8. The van der Waals surface area contributed by atoms with Crippen LogP contribution in [0.1, 0.15) is 49.1 Å². The zero-order valence-corrected chi connectivity index (χ0v) is 17.8. The Morgan fingerprint density at radius 3 is 2.16 bits per heavy atom. The predicted octanol–water partition coefficient (Wildman–Crippen LogP) is 4.58. The molecule has 2 aliphatic carbocycles. The van der Waals surface area contributed by atoms with E-state index in [1.807, 2.05) is 24.3 Å². The van der Waals surface area contributed by atoms with E-state index in [1.165, 1.54) is 29.4 Å². The fourth-order valence-electron chi connectivity index (χ4n) is 4.97. The van der Waals surface area contributed by atoms with E-state index in [0.29, 0.717) is 31.9 Å². The van der Waals surface area contributed by atoms with Crippen LogP contribution in [0.4, 0.5) is 4.79 Å². The van der Waals surface area contributed by atoms with Crippen LogP contribution in [0.25, 0.3) is 11.1 Å². The minimum Gasteiger partial charge on any atom is -0.479 e. The van der Waals surface area contributed by atoms with E-state index in [-0.39, 0.29) is 5.92 Å². The third-order valence-corrected chi connectivity index (χ3v) is 6.86. The molecule has 4 rings (SSSR count). The molecule has 31 heavy (non-hydrogen) atoms. The summed E-state index contributed by atoms with van der Waals surface area (Å²) in [5.41, 5.74) is 3.75. The number of ether oxygens (including phenoxy) is 2. The highest BCUT2D eigenvalue weighted by atomic mass is 16.5. The number of fused-ring (bicyclic) bond motifs is 3. The van der Waals surface area contributed by atoms with Crippen molar-refractivity contribution in [1.82, 2.24) is 5.32 Å². The van der Waals surface area contributed by atoms with Crippen LogP contribution in [-0.2, 0) is 14.3 Å². The van der Waals surface area contributed by atoms with Crippen LogP contribution >= 0.6 is 0 Å². The van der Waals surface area contributed by atoms with Crippen molar-refractivity contribution >= 4 is 12.1 Å². The first kappa shape index (κ1) is 21.4. The van der Waals surface area contributed by atoms with Gasteiger partial charge < -0.3 is 19.9 Å². The summed E-state index contributed by atoms with van der Waals surface area (Å²) in [6, 6.07) is 16.5. The maximum atomic E-state index is 12.3. The Balaban J connectivity index is 1.24. The summed E-state index contributed by atoms with van der Waals surface area (Å²) >= 11 is 0. The van der Waals surface area contributed by atoms with Gasteiger partial charge in [-0.3, -0.25) is 0 Å². The highest BCUT2D eigenvalue weighted by molar-refractivity contribution is 5.79. The van der Waals surface area contributed by atoms with Gasteiger partial charge in [-0.2, -0.15) is 0 Å². The van der Waals surface area contributed by atoms with Crippen molar-refractivity contribution in [1.29, 1.82) is 0 Å². The van der Waals surface area contributed by atoms with Crippen molar-refractivity contribution in [2.45, 2.75) is 43.6 Å². The SMILES string of the molecule is COC1(C(=O)O)CCC(CCNC(=O)OCC2c3ccccc3-c3ccccc32)CC1. The number of carboxylic acids is 1. The molecule has 0 aliphatic heterocycles. The average molecular weight is 424 g/mol. The normalized spacial score (nSPS) is 22.4. The molecule has 0 aromatic heterocycles. The third kappa shape index (κ3) is 4.30. The molecule has 6 heteroatoms. The lowest BCUT2D eigenvalue weighted by Gasteiger charge is -2.35. The molecule has 1 fully saturated rings. The van der Waals surface area contributed by atoms with E-state index in [0.717, 1.165) is 19.3 Å². The van der Waals surface area contributed by atoms with Gasteiger partial charge in [0.15, 0.2) is 5.60 Å². The van der Waals surface area contributed by atoms with Gasteiger partial charge in [0.05, 0.1) is 0 Å². The van der Waals surface area contributed by atoms with Gasteiger partial charge in [-0.1, -0.05) is 48.5 Å². The fraction of sp³-hybridized carbons (Fsp3) is 0.440. The topological polar surface area (TPSA) is 84.9 Å². The Labute approximate surface area is 182 Å². The third-order valence-electron chi connectivity index (χ3n) is 6.86. The Hall–Kier alpha value is -2.86. The van der Waals surface area contributed by atoms with Crippen LogP contribution in [0.5, 0.6) is 0 Å². The average Bonchev–Trinajstić information content (AvgIpc) is 3.12. The van der Waals surface area contributed by atoms with E-state index in [1.54, 1.807) is 0 Å². The molecule has 0 spiro atoms. The molecule has 2 aromatic carbocycles. The predicted molar refractivity (Wildman–Crippen MR) is 117 cm³/mol. The summed E-state index contributed by atoms with van der Waals surface area (Å²) in [6.45, 7) is 0.826. The molecule has 2 aliphatic rings. The van der Waals surface area contributed by atoms with Gasteiger partial charge in [-0.15, -0.1) is 0 Å². The van der Waals surface area contributed by atoms with Gasteiger partial charge in [0, 0.05) is 19.6 Å². The Bertz CT molecular complexity index is 903. The number of hydrogen-bond donors (Lipinski definition) is 2. The second kappa shape index (κ2) is 9.10. The molecule has 1 amide bonds. The maximum absolute atomic E-state index is 12.3. The first-order valence-electron chi connectivity index (χ1n) is 10.9. The van der Waals surface area contributed by atoms with Gasteiger partial charge in [-0.05, 0) is 60.3 Å². The molecule has 2 aromatic rings. The number of alkyl carbamates (subject to hydrolysis) is 1. The largest absolute Gasteiger partial charge is 0.479 e. The highest BCUT2D eigenvalue weighted by Gasteiger charge is 2.42. The summed E-state index contributed by atoms with van der Waals surface area (Å²) in [7, 11) is 1.47. The van der Waals surface area contributed by atoms with Gasteiger partial charge in [0.25, 0.3) is 0 Å². The van der Waals surface area contributed by atoms with Crippen LogP contribution in [0.2, 0.25) is 0 Å². The number of amides is 1. The maximum Gasteiger partial charge on any atom is 0.407 e. The Morgan fingerprint density at radius 1 is 1.03 bits per heavy atom. The van der Waals surface area contributed by atoms with Gasteiger partial charge in [-0.25, -0.2) is 9.59 Å². The van der Waals surface area contributed by atoms with E-state index in [4.69, 9.17) is 9.47 Å². The zero-order valence-electron chi connectivity index (χ0n) is 17.8. The van der Waals surface area contributed by atoms with Crippen LogP contribution in [0.3, 0.4) is 0 Å². The summed E-state index contributed by atoms with van der Waals surface area (Å²) in [6.07, 6.45) is 2.99. The monoisotopic (exact) mass is 423 g/mol. The van der Waals surface area contributed by atoms with Crippen molar-refractivity contribution in [2.75, 3.05) is 20.3 Å². The van der Waals surface area contributed by atoms with Crippen molar-refractivity contribution in [2.24, 2.45) is 5.92 Å². The molecule has 6 nitrogen and oxygen atoms in total. The van der Waals surface area contributed by atoms with Crippen LogP contribution in [-0.4, -0.2) is 43.0 Å². The number of aliphatic carboxylic acids is 1. The quantitative estimate of drug-likeness (QED) is 0.681. The number of methoxy groups -OCH3 is 1. The number of rotatable bonds is 7. The second-order valence-corrected chi connectivity index (χ2v) is 8.49. The Kier molecular flexibility index (Phi) is 6.28. The molecular formula is C25H29NO5. The summed E-state index contributed by atoms with van der Waals surface area (Å²) in [5, 5.41) is 12.2. The minimum atomic E-state index is -1.04. The molecule has 0 heterocycles. The van der Waals surface area contributed by atoms with Crippen molar-refractivity contribution in [3.63, 3.8) is 0 Å². The summed E-state index contributed by atoms with van der Waals surface area (Å²) in [5.74, 6) is -0.448. The molecule has 0 bridgehead atoms. The minimum absolute atomic E-state index is 0.0506. The van der Waals surface area contributed by atoms with Gasteiger partial charge in [0.2, 0.25) is 0 Å². The number of benzene rings is 2. The molecule has 0 radical (unpaired) electrons. The molecular weight excluding hydrogens is 394 g/mol. The fourth-order valence-corrected chi connectivity index (χ4v) is 4.97. The lowest BCUT2D eigenvalue weighted by atomic mass is 9.77. The van der Waals surface area contributed by atoms with Crippen LogP contribution in [0, 0.1) is 5.92 Å². The number of carbonyl (C=O) groups is 2. The molecule has 0 saturated heterocycles. The lowest BCUT2D eigenvalue weighted by Crippen LogP contribution is -2.44. The molecule has 0 atom stereocenters. The van der Waals surface area contributed by atoms with Crippen LogP contribution < -0.4 is 5.32 Å². The standard InChI is InChI=1S/C25H29NO5/c1-30-25(23(27)28)13-10-17(11-14-25)12-15-26-24(29)31-16-22-20-8-4-2-6-18(20)19-7-3-5-9-21(19)22/h2-9,17,22H,10-16H2,1H3,(H,26,29)(H,27,28). The van der Waals surface area contributed by atoms with E-state index in [9.17, 15) is 14.7 Å². The van der Waals surface area contributed by atoms with Gasteiger partial charge in [0.1, 0.15) is 6.61 Å². The molecule has 2 N–H and O–H groups in total. The number of hydrogen-bond acceptors (Lipinski definition) is 4. The van der Waals surface area contributed by atoms with E-state index >= 15 is 0 Å². The van der Waals surface area contributed by atoms with Crippen molar-refractivity contribution < 1.29 is 24.2 Å². The molecule has 164 valence electrons. The number of carboxylic acid groups (broad SMARTS) is 1. The first-order chi connectivity index (χ1) is 15.0. The second-order valence-electron chi connectivity index (χ2n) is 8.49. The van der Waals surface area contributed by atoms with Crippen LogP contribution in [0.15, 0.2) is 48.5 Å². The van der Waals surface area contributed by atoms with Crippen molar-refractivity contribution in [3.8, 4) is 11.1 Å². The van der Waals surface area contributed by atoms with E-state index in [2.05, 4.69) is 29.6 Å². The smallest absolute Gasteiger partial charge is 0.407 e. The van der Waals surface area contributed by atoms with Crippen molar-refractivity contribution in [3.05, 3.63) is 59.7 Å². The Morgan fingerprint density at radius 2 is 1.61 bits per heavy atom. The lowest BCUT2D eigenvalue weighted by molar-refractivity contribution is -0.167. The molecule has 1 saturated carbocycles. The summed E-state index contributed by atoms with van der Waals surface area (Å²) < 4.78 is 10.8. The number of nitrogens with one attached hydrogen (secondary N) is 1. The first-order valence-corrected chi connectivity index (χ1v) is 10.9. The summed E-state index contributed by atoms with van der Waals surface area (Å²) in [4.78, 5) is 23.7.